The fourth-order valence-electron chi connectivity index (χ4n) is 2.59. The number of benzene rings is 1. The molecule has 1 heterocycles. The van der Waals surface area contributed by atoms with Crippen LogP contribution in [0.3, 0.4) is 0 Å². The third kappa shape index (κ3) is 4.59. The Kier molecular flexibility index (Phi) is 6.33. The number of carbonyl (C=O) groups excluding carboxylic acids is 1. The third-order valence-corrected chi connectivity index (χ3v) is 5.47. The van der Waals surface area contributed by atoms with Crippen LogP contribution in [0.1, 0.15) is 30.8 Å². The maximum Gasteiger partial charge on any atom is 0.248 e. The zero-order valence-electron chi connectivity index (χ0n) is 15.4. The SMILES string of the molecule is CCNS(=O)(=O)c1ccc(NC(=O)/C=C/c2c(C)nn(CC)c2C)cc1. The third-order valence-electron chi connectivity index (χ3n) is 3.90. The number of hydrogen-bond acceptors (Lipinski definition) is 4. The van der Waals surface area contributed by atoms with Gasteiger partial charge in [-0.1, -0.05) is 6.92 Å². The van der Waals surface area contributed by atoms with E-state index in [2.05, 4.69) is 15.1 Å². The van der Waals surface area contributed by atoms with Crippen molar-refractivity contribution in [2.24, 2.45) is 0 Å². The molecule has 0 spiro atoms. The van der Waals surface area contributed by atoms with Crippen LogP contribution in [0.2, 0.25) is 0 Å². The topological polar surface area (TPSA) is 93.1 Å². The average Bonchev–Trinajstić information content (AvgIpc) is 2.87. The van der Waals surface area contributed by atoms with Crippen molar-refractivity contribution in [3.8, 4) is 0 Å². The van der Waals surface area contributed by atoms with Crippen molar-refractivity contribution in [3.63, 3.8) is 0 Å². The molecule has 0 radical (unpaired) electrons. The van der Waals surface area contributed by atoms with Gasteiger partial charge in [-0.15, -0.1) is 0 Å². The molecular formula is C18H24N4O3S. The van der Waals surface area contributed by atoms with Crippen molar-refractivity contribution in [1.82, 2.24) is 14.5 Å². The van der Waals surface area contributed by atoms with Crippen LogP contribution in [0.5, 0.6) is 0 Å². The van der Waals surface area contributed by atoms with E-state index in [4.69, 9.17) is 0 Å². The second-order valence-corrected chi connectivity index (χ2v) is 7.52. The van der Waals surface area contributed by atoms with Crippen molar-refractivity contribution < 1.29 is 13.2 Å². The second-order valence-electron chi connectivity index (χ2n) is 5.75. The molecule has 2 aromatic rings. The summed E-state index contributed by atoms with van der Waals surface area (Å²) in [4.78, 5) is 12.3. The van der Waals surface area contributed by atoms with Gasteiger partial charge in [0.2, 0.25) is 15.9 Å². The molecule has 0 atom stereocenters. The fraction of sp³-hybridized carbons (Fsp3) is 0.333. The largest absolute Gasteiger partial charge is 0.323 e. The molecule has 0 aliphatic heterocycles. The van der Waals surface area contributed by atoms with Crippen molar-refractivity contribution >= 4 is 27.7 Å². The van der Waals surface area contributed by atoms with Crippen LogP contribution in [-0.2, 0) is 21.4 Å². The van der Waals surface area contributed by atoms with Gasteiger partial charge in [0.15, 0.2) is 0 Å². The van der Waals surface area contributed by atoms with Crippen LogP contribution in [0.15, 0.2) is 35.2 Å². The number of nitrogens with one attached hydrogen (secondary N) is 2. The minimum atomic E-state index is -3.50. The normalized spacial score (nSPS) is 11.8. The highest BCUT2D eigenvalue weighted by molar-refractivity contribution is 7.89. The molecule has 0 aliphatic rings. The van der Waals surface area contributed by atoms with Gasteiger partial charge in [0.05, 0.1) is 10.6 Å². The summed E-state index contributed by atoms with van der Waals surface area (Å²) in [6.45, 7) is 8.68. The number of amides is 1. The molecule has 7 nitrogen and oxygen atoms in total. The average molecular weight is 376 g/mol. The lowest BCUT2D eigenvalue weighted by Crippen LogP contribution is -2.23. The standard InChI is InChI=1S/C18H24N4O3S/c1-5-19-26(24,25)16-9-7-15(8-10-16)20-18(23)12-11-17-13(3)21-22(6-2)14(17)4/h7-12,19H,5-6H2,1-4H3,(H,20,23)/b12-11+. The summed E-state index contributed by atoms with van der Waals surface area (Å²) in [5.74, 6) is -0.296. The molecule has 2 rings (SSSR count). The van der Waals surface area contributed by atoms with Gasteiger partial charge in [-0.2, -0.15) is 5.10 Å². The first kappa shape index (κ1) is 19.9. The first-order valence-corrected chi connectivity index (χ1v) is 9.89. The highest BCUT2D eigenvalue weighted by Gasteiger charge is 2.12. The van der Waals surface area contributed by atoms with Crippen LogP contribution in [0.4, 0.5) is 5.69 Å². The smallest absolute Gasteiger partial charge is 0.248 e. The molecule has 140 valence electrons. The molecule has 1 aromatic carbocycles. The number of nitrogens with zero attached hydrogens (tertiary/aromatic N) is 2. The van der Waals surface area contributed by atoms with E-state index in [1.165, 1.54) is 18.2 Å². The number of anilines is 1. The minimum Gasteiger partial charge on any atom is -0.323 e. The van der Waals surface area contributed by atoms with Crippen molar-refractivity contribution in [3.05, 3.63) is 47.3 Å². The molecule has 0 saturated carbocycles. The van der Waals surface area contributed by atoms with Crippen molar-refractivity contribution in [1.29, 1.82) is 0 Å². The van der Waals surface area contributed by atoms with Crippen LogP contribution < -0.4 is 10.0 Å². The van der Waals surface area contributed by atoms with Gasteiger partial charge in [0, 0.05) is 36.1 Å². The Hall–Kier alpha value is -2.45. The number of aromatic nitrogens is 2. The van der Waals surface area contributed by atoms with E-state index < -0.39 is 10.0 Å². The van der Waals surface area contributed by atoms with E-state index in [1.807, 2.05) is 25.5 Å². The summed E-state index contributed by atoms with van der Waals surface area (Å²) in [6.07, 6.45) is 3.18. The molecule has 8 heteroatoms. The van der Waals surface area contributed by atoms with Gasteiger partial charge in [-0.05, 0) is 51.1 Å². The van der Waals surface area contributed by atoms with Crippen LogP contribution in [0.25, 0.3) is 6.08 Å². The van der Waals surface area contributed by atoms with Crippen LogP contribution in [0, 0.1) is 13.8 Å². The minimum absolute atomic E-state index is 0.158. The van der Waals surface area contributed by atoms with Crippen LogP contribution >= 0.6 is 0 Å². The first-order chi connectivity index (χ1) is 12.3. The van der Waals surface area contributed by atoms with Gasteiger partial charge in [0.1, 0.15) is 0 Å². The summed E-state index contributed by atoms with van der Waals surface area (Å²) in [5, 5.41) is 7.12. The predicted molar refractivity (Wildman–Crippen MR) is 102 cm³/mol. The zero-order chi connectivity index (χ0) is 19.3. The molecule has 0 unspecified atom stereocenters. The van der Waals surface area contributed by atoms with Gasteiger partial charge >= 0.3 is 0 Å². The molecule has 0 fully saturated rings. The van der Waals surface area contributed by atoms with Gasteiger partial charge < -0.3 is 5.32 Å². The fourth-order valence-corrected chi connectivity index (χ4v) is 3.63. The quantitative estimate of drug-likeness (QED) is 0.726. The van der Waals surface area contributed by atoms with E-state index in [0.29, 0.717) is 12.2 Å². The van der Waals surface area contributed by atoms with E-state index in [-0.39, 0.29) is 10.8 Å². The molecule has 0 bridgehead atoms. The van der Waals surface area contributed by atoms with Crippen molar-refractivity contribution in [2.45, 2.75) is 39.1 Å². The maximum absolute atomic E-state index is 12.1. The monoisotopic (exact) mass is 376 g/mol. The molecule has 2 N–H and O–H groups in total. The molecule has 1 amide bonds. The molecule has 0 aliphatic carbocycles. The maximum atomic E-state index is 12.1. The molecule has 1 aromatic heterocycles. The number of carbonyl (C=O) groups is 1. The second kappa shape index (κ2) is 8.29. The Morgan fingerprint density at radius 1 is 1.19 bits per heavy atom. The molecule has 0 saturated heterocycles. The molecule has 26 heavy (non-hydrogen) atoms. The van der Waals surface area contributed by atoms with E-state index in [0.717, 1.165) is 23.5 Å². The number of rotatable bonds is 7. The summed E-state index contributed by atoms with van der Waals surface area (Å²) in [6, 6.07) is 6.02. The Labute approximate surface area is 154 Å². The Morgan fingerprint density at radius 2 is 1.85 bits per heavy atom. The Morgan fingerprint density at radius 3 is 2.38 bits per heavy atom. The highest BCUT2D eigenvalue weighted by Crippen LogP contribution is 2.16. The predicted octanol–water partition coefficient (Wildman–Crippen LogP) is 2.47. The summed E-state index contributed by atoms with van der Waals surface area (Å²) in [5.41, 5.74) is 3.32. The van der Waals surface area contributed by atoms with Gasteiger partial charge in [-0.25, -0.2) is 13.1 Å². The molecular weight excluding hydrogens is 352 g/mol. The van der Waals surface area contributed by atoms with E-state index in [1.54, 1.807) is 25.1 Å². The number of hydrogen-bond donors (Lipinski definition) is 2. The Bertz CT molecular complexity index is 913. The van der Waals surface area contributed by atoms with Gasteiger partial charge in [0.25, 0.3) is 0 Å². The lowest BCUT2D eigenvalue weighted by atomic mass is 10.2. The summed E-state index contributed by atoms with van der Waals surface area (Å²) in [7, 11) is -3.50. The first-order valence-electron chi connectivity index (χ1n) is 8.41. The lowest BCUT2D eigenvalue weighted by Gasteiger charge is -2.06. The summed E-state index contributed by atoms with van der Waals surface area (Å²) < 4.78 is 28.1. The Balaban J connectivity index is 2.08. The number of aryl methyl sites for hydroxylation is 2. The number of sulfonamides is 1. The van der Waals surface area contributed by atoms with Gasteiger partial charge in [-0.3, -0.25) is 9.48 Å². The highest BCUT2D eigenvalue weighted by atomic mass is 32.2. The van der Waals surface area contributed by atoms with E-state index >= 15 is 0 Å². The zero-order valence-corrected chi connectivity index (χ0v) is 16.2. The van der Waals surface area contributed by atoms with Crippen molar-refractivity contribution in [2.75, 3.05) is 11.9 Å². The lowest BCUT2D eigenvalue weighted by molar-refractivity contribution is -0.111. The van der Waals surface area contributed by atoms with E-state index in [9.17, 15) is 13.2 Å². The summed E-state index contributed by atoms with van der Waals surface area (Å²) >= 11 is 0. The van der Waals surface area contributed by atoms with Crippen LogP contribution in [-0.4, -0.2) is 30.7 Å².